The Hall–Kier alpha value is -3.96. The van der Waals surface area contributed by atoms with Gasteiger partial charge in [0, 0.05) is 30.8 Å². The van der Waals surface area contributed by atoms with Crippen molar-refractivity contribution in [3.05, 3.63) is 41.2 Å². The van der Waals surface area contributed by atoms with E-state index in [0.29, 0.717) is 18.5 Å². The number of halogens is 3. The highest BCUT2D eigenvalue weighted by molar-refractivity contribution is 7.88. The molecule has 0 spiro atoms. The Morgan fingerprint density at radius 1 is 1.07 bits per heavy atom. The molecule has 41 heavy (non-hydrogen) atoms. The van der Waals surface area contributed by atoms with Crippen LogP contribution in [0.4, 0.5) is 13.2 Å². The number of esters is 1. The minimum Gasteiger partial charge on any atom is -0.543 e. The number of nitrogens with zero attached hydrogens (tertiary/aromatic N) is 1. The van der Waals surface area contributed by atoms with Crippen LogP contribution in [0.3, 0.4) is 0 Å². The zero-order chi connectivity index (χ0) is 30.4. The summed E-state index contributed by atoms with van der Waals surface area (Å²) in [7, 11) is -3.86. The number of carboxylic acids is 1. The highest BCUT2D eigenvalue weighted by Gasteiger charge is 2.49. The monoisotopic (exact) mass is 605 g/mol. The van der Waals surface area contributed by atoms with Gasteiger partial charge in [0.15, 0.2) is 18.3 Å². The molecule has 1 aliphatic rings. The van der Waals surface area contributed by atoms with E-state index in [9.17, 15) is 41.1 Å². The van der Waals surface area contributed by atoms with E-state index in [4.69, 9.17) is 18.9 Å². The third-order valence-electron chi connectivity index (χ3n) is 5.57. The second kappa shape index (κ2) is 13.1. The lowest BCUT2D eigenvalue weighted by Gasteiger charge is -2.18. The summed E-state index contributed by atoms with van der Waals surface area (Å²) in [6.45, 7) is -0.151. The second-order valence-electron chi connectivity index (χ2n) is 8.52. The van der Waals surface area contributed by atoms with Crippen LogP contribution in [0.5, 0.6) is 11.5 Å². The van der Waals surface area contributed by atoms with E-state index in [-0.39, 0.29) is 30.0 Å². The first-order valence-electron chi connectivity index (χ1n) is 11.8. The van der Waals surface area contributed by atoms with E-state index in [1.807, 2.05) is 0 Å². The van der Waals surface area contributed by atoms with Gasteiger partial charge in [-0.25, -0.2) is 9.78 Å². The molecule has 3 rings (SSSR count). The number of aromatic carboxylic acids is 1. The lowest BCUT2D eigenvalue weighted by atomic mass is 9.96. The summed E-state index contributed by atoms with van der Waals surface area (Å²) in [6, 6.07) is 3.67. The van der Waals surface area contributed by atoms with Gasteiger partial charge in [0.1, 0.15) is 5.69 Å². The second-order valence-corrected chi connectivity index (χ2v) is 10.1. The summed E-state index contributed by atoms with van der Waals surface area (Å²) in [5.74, 6) is -5.17. The number of carboxylic acid groups (broad SMARTS) is 1. The first kappa shape index (κ1) is 31.6. The van der Waals surface area contributed by atoms with Crippen LogP contribution in [-0.2, 0) is 24.3 Å². The van der Waals surface area contributed by atoms with Gasteiger partial charge in [0.2, 0.25) is 0 Å². The first-order valence-corrected chi connectivity index (χ1v) is 13.2. The summed E-state index contributed by atoms with van der Waals surface area (Å²) in [4.78, 5) is 41.2. The molecular weight excluding hydrogens is 581 g/mol. The number of carbonyl (C=O) groups excluding carboxylic acids is 3. The van der Waals surface area contributed by atoms with Crippen molar-refractivity contribution in [1.29, 1.82) is 0 Å². The molecule has 0 saturated heterocycles. The summed E-state index contributed by atoms with van der Waals surface area (Å²) in [5.41, 5.74) is -8.24. The summed E-state index contributed by atoms with van der Waals surface area (Å²) in [5, 5.41) is 14.6. The van der Waals surface area contributed by atoms with Crippen LogP contribution in [0.1, 0.15) is 44.2 Å². The van der Waals surface area contributed by atoms with Gasteiger partial charge in [0.25, 0.3) is 5.91 Å². The fraction of sp³-hybridized carbons (Fsp3) is 0.417. The molecule has 2 aromatic rings. The normalized spacial score (nSPS) is 13.4. The van der Waals surface area contributed by atoms with E-state index in [1.165, 1.54) is 7.11 Å². The lowest BCUT2D eigenvalue weighted by Crippen LogP contribution is -2.29. The minimum atomic E-state index is -6.21. The van der Waals surface area contributed by atoms with Crippen molar-refractivity contribution in [3.63, 3.8) is 0 Å². The lowest BCUT2D eigenvalue weighted by molar-refractivity contribution is -0.255. The summed E-state index contributed by atoms with van der Waals surface area (Å²) < 4.78 is 86.2. The average molecular weight is 606 g/mol. The quantitative estimate of drug-likeness (QED) is 0.107. The van der Waals surface area contributed by atoms with Crippen LogP contribution in [-0.4, -0.2) is 77.5 Å². The van der Waals surface area contributed by atoms with Crippen molar-refractivity contribution in [2.45, 2.75) is 18.3 Å². The fourth-order valence-electron chi connectivity index (χ4n) is 3.32. The Kier molecular flexibility index (Phi) is 10.1. The molecule has 1 fully saturated rings. The third-order valence-corrected chi connectivity index (χ3v) is 6.54. The summed E-state index contributed by atoms with van der Waals surface area (Å²) in [6.07, 6.45) is 1.89. The van der Waals surface area contributed by atoms with Crippen molar-refractivity contribution < 1.29 is 64.2 Å². The van der Waals surface area contributed by atoms with Gasteiger partial charge in [-0.2, -0.15) is 21.6 Å². The minimum absolute atomic E-state index is 0.000458. The number of hydrogen-bond donors (Lipinski definition) is 1. The molecule has 224 valence electrons. The number of methoxy groups -OCH3 is 2. The smallest absolute Gasteiger partial charge is 0.534 e. The van der Waals surface area contributed by atoms with Gasteiger partial charge in [-0.1, -0.05) is 0 Å². The van der Waals surface area contributed by atoms with Gasteiger partial charge in [-0.05, 0) is 37.0 Å². The molecule has 17 heteroatoms. The molecule has 1 aromatic heterocycles. The predicted octanol–water partition coefficient (Wildman–Crippen LogP) is 1.27. The number of carbonyl (C=O) groups is 3. The number of rotatable bonds is 14. The molecular formula is C24H24F3N2O11S-. The first-order chi connectivity index (χ1) is 19.3. The molecule has 0 unspecified atom stereocenters. The van der Waals surface area contributed by atoms with Gasteiger partial charge in [0.05, 0.1) is 37.6 Å². The maximum Gasteiger partial charge on any atom is 0.534 e. The van der Waals surface area contributed by atoms with Gasteiger partial charge < -0.3 is 38.3 Å². The standard InChI is InChI=1S/C24H25F3N2O11S/c1-36-7-8-38-12-39-23(33)16-10-19(40-41(34,35)24(25,26)27)18(37-2)9-15(16)14-5-6-17(29-20(14)22(31)32)21(30)28-11-13-3-4-13/h5-6,9-10,13H,3-4,7-8,11-12H2,1-2H3,(H,28,30)(H,31,32)/p-1. The molecule has 1 aromatic carbocycles. The van der Waals surface area contributed by atoms with Crippen LogP contribution >= 0.6 is 0 Å². The molecule has 0 atom stereocenters. The number of alkyl halides is 3. The van der Waals surface area contributed by atoms with Crippen molar-refractivity contribution in [2.24, 2.45) is 5.92 Å². The highest BCUT2D eigenvalue weighted by atomic mass is 32.2. The maximum absolute atomic E-state index is 13.0. The SMILES string of the molecule is COCCOCOC(=O)c1cc(OS(=O)(=O)C(F)(F)F)c(OC)cc1-c1ccc(C(=O)NCC2CC2)nc1C(=O)[O-]. The Bertz CT molecular complexity index is 1410. The Labute approximate surface area is 231 Å². The van der Waals surface area contributed by atoms with Crippen LogP contribution < -0.4 is 19.3 Å². The van der Waals surface area contributed by atoms with Crippen LogP contribution in [0.15, 0.2) is 24.3 Å². The van der Waals surface area contributed by atoms with Gasteiger partial charge in [-0.15, -0.1) is 0 Å². The largest absolute Gasteiger partial charge is 0.543 e. The number of aromatic nitrogens is 1. The number of benzene rings is 1. The van der Waals surface area contributed by atoms with Crippen LogP contribution in [0.25, 0.3) is 11.1 Å². The zero-order valence-electron chi connectivity index (χ0n) is 21.6. The van der Waals surface area contributed by atoms with E-state index in [1.54, 1.807) is 0 Å². The Morgan fingerprint density at radius 3 is 2.37 bits per heavy atom. The Balaban J connectivity index is 2.10. The molecule has 1 saturated carbocycles. The van der Waals surface area contributed by atoms with Crippen molar-refractivity contribution in [1.82, 2.24) is 10.3 Å². The molecule has 1 amide bonds. The zero-order valence-corrected chi connectivity index (χ0v) is 22.4. The molecule has 1 aliphatic carbocycles. The van der Waals surface area contributed by atoms with Crippen molar-refractivity contribution in [3.8, 4) is 22.6 Å². The number of pyridine rings is 1. The number of hydrogen-bond acceptors (Lipinski definition) is 12. The molecule has 0 radical (unpaired) electrons. The fourth-order valence-corrected chi connectivity index (χ4v) is 3.79. The predicted molar refractivity (Wildman–Crippen MR) is 129 cm³/mol. The molecule has 13 nitrogen and oxygen atoms in total. The van der Waals surface area contributed by atoms with Crippen molar-refractivity contribution >= 4 is 28.0 Å². The summed E-state index contributed by atoms with van der Waals surface area (Å²) >= 11 is 0. The molecule has 1 heterocycles. The van der Waals surface area contributed by atoms with Crippen LogP contribution in [0.2, 0.25) is 0 Å². The average Bonchev–Trinajstić information content (AvgIpc) is 3.74. The maximum atomic E-state index is 13.0. The van der Waals surface area contributed by atoms with E-state index >= 15 is 0 Å². The Morgan fingerprint density at radius 2 is 1.78 bits per heavy atom. The van der Waals surface area contributed by atoms with E-state index in [0.717, 1.165) is 38.2 Å². The van der Waals surface area contributed by atoms with Crippen LogP contribution in [0, 0.1) is 5.92 Å². The molecule has 0 bridgehead atoms. The molecule has 1 N–H and O–H groups in total. The third kappa shape index (κ3) is 8.05. The molecule has 0 aliphatic heterocycles. The number of amides is 1. The number of ether oxygens (including phenoxy) is 4. The number of nitrogens with one attached hydrogen (secondary N) is 1. The van der Waals surface area contributed by atoms with Crippen molar-refractivity contribution in [2.75, 3.05) is 40.8 Å². The van der Waals surface area contributed by atoms with Gasteiger partial charge in [-0.3, -0.25) is 4.79 Å². The topological polar surface area (TPSA) is 179 Å². The van der Waals surface area contributed by atoms with E-state index < -0.39 is 63.0 Å². The van der Waals surface area contributed by atoms with E-state index in [2.05, 4.69) is 14.5 Å². The highest BCUT2D eigenvalue weighted by Crippen LogP contribution is 2.39. The van der Waals surface area contributed by atoms with Gasteiger partial charge >= 0.3 is 21.6 Å².